The fourth-order valence-electron chi connectivity index (χ4n) is 24.4. The first-order chi connectivity index (χ1) is 37.8. The van der Waals surface area contributed by atoms with Crippen LogP contribution in [0.15, 0.2) is 72.3 Å². The monoisotopic (exact) mass is 1060 g/mol. The molecule has 4 bridgehead atoms. The van der Waals surface area contributed by atoms with E-state index in [1.807, 2.05) is 19.2 Å². The topological polar surface area (TPSA) is 157 Å². The molecule has 78 heavy (non-hydrogen) atoms. The maximum atomic E-state index is 15.6. The number of likely N-dealkylation sites (N-methyl/N-ethyl adjacent to an activating group) is 1. The van der Waals surface area contributed by atoms with Crippen molar-refractivity contribution >= 4 is 12.3 Å². The summed E-state index contributed by atoms with van der Waals surface area (Å²) in [5, 5.41) is 73.5. The third-order valence-electron chi connectivity index (χ3n) is 27.1. The molecule has 0 unspecified atom stereocenters. The summed E-state index contributed by atoms with van der Waals surface area (Å²) in [5.41, 5.74) is -3.35. The molecule has 16 rings (SSSR count). The van der Waals surface area contributed by atoms with Crippen LogP contribution in [0.1, 0.15) is 176 Å². The Kier molecular flexibility index (Phi) is 12.0. The maximum Gasteiger partial charge on any atom is 0.331 e. The van der Waals surface area contributed by atoms with Crippen LogP contribution in [0.5, 0.6) is 0 Å². The number of hydrogen-bond acceptors (Lipinski definition) is 9. The molecule has 10 fully saturated rings. The van der Waals surface area contributed by atoms with Gasteiger partial charge in [-0.15, -0.1) is 0 Å². The first kappa shape index (κ1) is 51.3. The van der Waals surface area contributed by atoms with Crippen LogP contribution in [-0.4, -0.2) is 79.9 Å². The van der Waals surface area contributed by atoms with Gasteiger partial charge in [-0.25, -0.2) is 4.79 Å². The molecule has 9 nitrogen and oxygen atoms in total. The molecule has 3 spiro atoms. The Morgan fingerprint density at radius 2 is 1.62 bits per heavy atom. The number of rotatable bonds is 5. The predicted octanol–water partition coefficient (Wildman–Crippen LogP) is 10.1. The lowest BCUT2D eigenvalue weighted by atomic mass is 9.32. The molecular formula is C69H87NO8. The minimum atomic E-state index is -1.77. The molecule has 0 radical (unpaired) electrons. The van der Waals surface area contributed by atoms with Crippen molar-refractivity contribution in [1.82, 2.24) is 5.32 Å². The normalized spacial score (nSPS) is 49.2. The largest absolute Gasteiger partial charge is 0.454 e. The van der Waals surface area contributed by atoms with E-state index in [-0.39, 0.29) is 60.5 Å². The third-order valence-corrected chi connectivity index (χ3v) is 27.1. The van der Waals surface area contributed by atoms with Gasteiger partial charge in [0.05, 0.1) is 29.3 Å². The molecule has 14 aliphatic rings. The molecule has 10 saturated carbocycles. The standard InChI is InChI=1S/C69H87NO8/c1-70-57-33-51-43(15-9-17-47(51)37-71)21-26-63(24-7-8-25-63)38-65-28-23-58-66(40-72)39-64(27-22-46-29-44(19-20-55(46)64)41-11-3-2-4-12-41)62(74)56-31-45-16-10-18-50(42-13-5-6-14-42)52(45)32-49(69(56,66)77)36-67(58,75)68(65,76)35-48-30-53(57)61-54(60(48)65)34-59(73)78-61/h2-4,9-12,15-17,34,40,42,44-46,48-50,52-53,55-58,60-62,70-71,74-77H,5-8,13-14,18-20,22-25,27-33,35-39H2,1H3/t44-,45-,46-,48+,49-,50-,52+,53-,55-,56+,57+,58-,60-,61-,62-,64-,65+,66+,67+,68-,69+/m1/s1. The van der Waals surface area contributed by atoms with Crippen LogP contribution < -0.4 is 5.32 Å². The highest BCUT2D eigenvalue weighted by atomic mass is 16.5. The number of carbonyl (C=O) groups excluding carboxylic acids is 2. The van der Waals surface area contributed by atoms with E-state index in [1.165, 1.54) is 31.2 Å². The highest BCUT2D eigenvalue weighted by molar-refractivity contribution is 5.86. The number of benzene rings is 2. The van der Waals surface area contributed by atoms with Gasteiger partial charge in [-0.3, -0.25) is 0 Å². The Morgan fingerprint density at radius 3 is 2.40 bits per heavy atom. The van der Waals surface area contributed by atoms with Crippen molar-refractivity contribution in [2.24, 2.45) is 92.7 Å². The quantitative estimate of drug-likeness (QED) is 0.0743. The summed E-state index contributed by atoms with van der Waals surface area (Å²) >= 11 is 0. The Balaban J connectivity index is 0.915. The molecule has 13 aliphatic carbocycles. The second-order valence-corrected chi connectivity index (χ2v) is 29.3. The molecule has 0 saturated heterocycles. The van der Waals surface area contributed by atoms with Crippen molar-refractivity contribution in [3.8, 4) is 11.8 Å². The summed E-state index contributed by atoms with van der Waals surface area (Å²) in [6.45, 7) is -0.101. The van der Waals surface area contributed by atoms with Gasteiger partial charge < -0.3 is 40.4 Å². The molecule has 2 aromatic rings. The number of ether oxygens (including phenoxy) is 1. The second-order valence-electron chi connectivity index (χ2n) is 29.3. The van der Waals surface area contributed by atoms with Crippen molar-refractivity contribution in [2.45, 2.75) is 202 Å². The van der Waals surface area contributed by atoms with Gasteiger partial charge in [0.2, 0.25) is 0 Å². The van der Waals surface area contributed by atoms with E-state index in [4.69, 9.17) is 4.74 Å². The number of carbonyl (C=O) groups is 2. The van der Waals surface area contributed by atoms with Crippen molar-refractivity contribution in [3.05, 3.63) is 94.6 Å². The number of aliphatic hydroxyl groups excluding tert-OH is 2. The Labute approximate surface area is 463 Å². The molecule has 0 aromatic heterocycles. The fraction of sp³-hybridized carbons (Fsp3) is 0.710. The molecule has 2 aromatic carbocycles. The Hall–Kier alpha value is -3.62. The van der Waals surface area contributed by atoms with E-state index >= 15 is 15.0 Å². The van der Waals surface area contributed by atoms with Crippen molar-refractivity contribution in [1.29, 1.82) is 0 Å². The van der Waals surface area contributed by atoms with E-state index in [9.17, 15) is 20.1 Å². The molecule has 0 amide bonds. The van der Waals surface area contributed by atoms with E-state index < -0.39 is 68.4 Å². The predicted molar refractivity (Wildman–Crippen MR) is 297 cm³/mol. The maximum absolute atomic E-state index is 15.6. The number of aldehydes is 1. The molecule has 21 atom stereocenters. The second kappa shape index (κ2) is 18.2. The zero-order valence-electron chi connectivity index (χ0n) is 46.3. The molecular weight excluding hydrogens is 971 g/mol. The minimum Gasteiger partial charge on any atom is -0.454 e. The molecule has 1 heterocycles. The fourth-order valence-corrected chi connectivity index (χ4v) is 24.4. The first-order valence-corrected chi connectivity index (χ1v) is 31.7. The molecule has 9 heteroatoms. The van der Waals surface area contributed by atoms with Crippen LogP contribution in [0.2, 0.25) is 0 Å². The van der Waals surface area contributed by atoms with Gasteiger partial charge >= 0.3 is 5.97 Å². The number of hydrogen-bond donors (Lipinski definition) is 6. The van der Waals surface area contributed by atoms with E-state index in [2.05, 4.69) is 65.7 Å². The van der Waals surface area contributed by atoms with E-state index in [0.29, 0.717) is 81.5 Å². The lowest BCUT2D eigenvalue weighted by Crippen LogP contribution is -2.82. The van der Waals surface area contributed by atoms with Gasteiger partial charge in [-0.1, -0.05) is 105 Å². The molecule has 1 aliphatic heterocycles. The van der Waals surface area contributed by atoms with Gasteiger partial charge in [0.25, 0.3) is 0 Å². The number of allylic oxidation sites excluding steroid dienone is 2. The SMILES string of the molecule is CN[C@H]1Cc2c(cccc2CO)C#CC2(CCCC2)C[C@]23CC[C@H]4[C@@](O)(C[C@H]5C[C@H]6[C@H](C=CC[C@@H]6C6CCCC6)C[C@H]6[C@@H](O)[C@]7(CC[C@@H]8C[C@H](c9ccccc9)CC[C@H]87)C[C@@]4(C=O)[C@]56O)[C@@]2(O)C[C@@H]2C[C@H]1[C@H]1OC(=O)C=C1[C@@H]23. The van der Waals surface area contributed by atoms with Crippen LogP contribution in [0.25, 0.3) is 0 Å². The summed E-state index contributed by atoms with van der Waals surface area (Å²) in [5.74, 6) is 7.52. The zero-order valence-corrected chi connectivity index (χ0v) is 46.3. The lowest BCUT2D eigenvalue weighted by molar-refractivity contribution is -0.358. The van der Waals surface area contributed by atoms with E-state index in [0.717, 1.165) is 92.8 Å². The lowest BCUT2D eigenvalue weighted by Gasteiger charge is -2.74. The highest BCUT2D eigenvalue weighted by Gasteiger charge is 2.85. The number of nitrogens with one attached hydrogen (secondary N) is 1. The van der Waals surface area contributed by atoms with Crippen molar-refractivity contribution < 1.29 is 39.9 Å². The molecule has 416 valence electrons. The summed E-state index contributed by atoms with van der Waals surface area (Å²) in [6.07, 6.45) is 25.9. The van der Waals surface area contributed by atoms with Gasteiger partial charge in [-0.05, 0) is 210 Å². The summed E-state index contributed by atoms with van der Waals surface area (Å²) < 4.78 is 6.51. The van der Waals surface area contributed by atoms with Crippen LogP contribution in [-0.2, 0) is 27.4 Å². The number of esters is 1. The average Bonchev–Trinajstić information content (AvgIpc) is 4.12. The Bertz CT molecular complexity index is 2860. The molecule has 6 N–H and O–H groups in total. The zero-order chi connectivity index (χ0) is 53.2. The van der Waals surface area contributed by atoms with Gasteiger partial charge in [0, 0.05) is 51.7 Å². The smallest absolute Gasteiger partial charge is 0.331 e. The summed E-state index contributed by atoms with van der Waals surface area (Å²) in [6, 6.07) is 16.9. The highest BCUT2D eigenvalue weighted by Crippen LogP contribution is 2.81. The minimum absolute atomic E-state index is 0.0975. The van der Waals surface area contributed by atoms with Crippen LogP contribution in [0.3, 0.4) is 0 Å². The van der Waals surface area contributed by atoms with E-state index in [1.54, 1.807) is 6.08 Å². The van der Waals surface area contributed by atoms with Gasteiger partial charge in [0.1, 0.15) is 18.0 Å². The van der Waals surface area contributed by atoms with Crippen LogP contribution >= 0.6 is 0 Å². The number of fused-ring (bicyclic) bond motifs is 7. The van der Waals surface area contributed by atoms with Crippen LogP contribution in [0.4, 0.5) is 0 Å². The summed E-state index contributed by atoms with van der Waals surface area (Å²) in [7, 11) is 1.98. The van der Waals surface area contributed by atoms with Crippen molar-refractivity contribution in [2.75, 3.05) is 7.05 Å². The summed E-state index contributed by atoms with van der Waals surface area (Å²) in [4.78, 5) is 29.7. The average molecular weight is 1060 g/mol. The van der Waals surface area contributed by atoms with Crippen LogP contribution in [0, 0.1) is 105 Å². The number of aliphatic hydroxyl groups is 5. The Morgan fingerprint density at radius 1 is 0.795 bits per heavy atom. The third kappa shape index (κ3) is 6.77. The van der Waals surface area contributed by atoms with Crippen molar-refractivity contribution in [3.63, 3.8) is 0 Å². The first-order valence-electron chi connectivity index (χ1n) is 31.7. The van der Waals surface area contributed by atoms with Gasteiger partial charge in [-0.2, -0.15) is 0 Å². The van der Waals surface area contributed by atoms with Gasteiger partial charge in [0.15, 0.2) is 0 Å².